The third-order valence-corrected chi connectivity index (χ3v) is 4.88. The molecule has 4 heteroatoms. The summed E-state index contributed by atoms with van der Waals surface area (Å²) in [6.45, 7) is 3.89. The number of nitrogens with one attached hydrogen (secondary N) is 1. The van der Waals surface area contributed by atoms with Crippen molar-refractivity contribution in [1.82, 2.24) is 0 Å². The second-order valence-electron chi connectivity index (χ2n) is 7.29. The van der Waals surface area contributed by atoms with Crippen LogP contribution >= 0.6 is 0 Å². The first kappa shape index (κ1) is 18.3. The molecule has 0 aliphatic heterocycles. The Labute approximate surface area is 153 Å². The van der Waals surface area contributed by atoms with Crippen LogP contribution in [0.1, 0.15) is 32.3 Å². The van der Waals surface area contributed by atoms with E-state index in [2.05, 4.69) is 0 Å². The number of ketones is 1. The Hall–Kier alpha value is -2.49. The van der Waals surface area contributed by atoms with Gasteiger partial charge in [-0.25, -0.2) is 4.39 Å². The molecule has 3 nitrogen and oxygen atoms in total. The Morgan fingerprint density at radius 3 is 2.54 bits per heavy atom. The molecule has 1 fully saturated rings. The molecule has 136 valence electrons. The highest BCUT2D eigenvalue weighted by Crippen LogP contribution is 2.37. The summed E-state index contributed by atoms with van der Waals surface area (Å²) < 4.78 is 19.9. The molecule has 1 saturated carbocycles. The first-order chi connectivity index (χ1) is 12.5. The lowest BCUT2D eigenvalue weighted by Gasteiger charge is -2.33. The van der Waals surface area contributed by atoms with Gasteiger partial charge in [-0.2, -0.15) is 0 Å². The lowest BCUT2D eigenvalue weighted by atomic mass is 9.70. The lowest BCUT2D eigenvalue weighted by Crippen LogP contribution is -2.32. The quantitative estimate of drug-likeness (QED) is 0.707. The zero-order valence-electron chi connectivity index (χ0n) is 15.2. The van der Waals surface area contributed by atoms with Crippen LogP contribution < -0.4 is 4.74 Å². The van der Waals surface area contributed by atoms with E-state index in [0.717, 1.165) is 31.0 Å². The molecule has 26 heavy (non-hydrogen) atoms. The van der Waals surface area contributed by atoms with Crippen molar-refractivity contribution < 1.29 is 13.9 Å². The van der Waals surface area contributed by atoms with Gasteiger partial charge in [-0.15, -0.1) is 0 Å². The summed E-state index contributed by atoms with van der Waals surface area (Å²) in [5, 5.41) is 7.02. The van der Waals surface area contributed by atoms with Crippen molar-refractivity contribution in [1.29, 1.82) is 5.41 Å². The first-order valence-corrected chi connectivity index (χ1v) is 9.06. The second kappa shape index (κ2) is 7.81. The Morgan fingerprint density at radius 1 is 1.23 bits per heavy atom. The van der Waals surface area contributed by atoms with Gasteiger partial charge < -0.3 is 10.1 Å². The number of benzene rings is 2. The van der Waals surface area contributed by atoms with Gasteiger partial charge in [0.25, 0.3) is 0 Å². The summed E-state index contributed by atoms with van der Waals surface area (Å²) in [6.07, 6.45) is 3.61. The minimum atomic E-state index is -0.263. The second-order valence-corrected chi connectivity index (χ2v) is 7.29. The predicted molar refractivity (Wildman–Crippen MR) is 101 cm³/mol. The number of carbonyl (C=O) groups excluding carboxylic acids is 1. The normalized spacial score (nSPS) is 19.1. The smallest absolute Gasteiger partial charge is 0.176 e. The van der Waals surface area contributed by atoms with Gasteiger partial charge in [-0.05, 0) is 68.4 Å². The summed E-state index contributed by atoms with van der Waals surface area (Å²) in [4.78, 5) is 11.4. The summed E-state index contributed by atoms with van der Waals surface area (Å²) >= 11 is 0. The minimum absolute atomic E-state index is 0.0366. The van der Waals surface area contributed by atoms with Crippen LogP contribution in [0.4, 0.5) is 4.39 Å². The van der Waals surface area contributed by atoms with E-state index in [9.17, 15) is 9.18 Å². The number of halogens is 1. The Bertz CT molecular complexity index is 792. The van der Waals surface area contributed by atoms with Crippen LogP contribution in [0.3, 0.4) is 0 Å². The maximum absolute atomic E-state index is 14.2. The number of hydrogen-bond donors (Lipinski definition) is 1. The summed E-state index contributed by atoms with van der Waals surface area (Å²) in [5.41, 5.74) is 2.55. The Kier molecular flexibility index (Phi) is 5.50. The van der Waals surface area contributed by atoms with Crippen LogP contribution in [-0.4, -0.2) is 18.1 Å². The van der Waals surface area contributed by atoms with E-state index in [1.54, 1.807) is 12.1 Å². The molecule has 2 aromatic rings. The van der Waals surface area contributed by atoms with E-state index in [1.807, 2.05) is 38.1 Å². The van der Waals surface area contributed by atoms with Gasteiger partial charge in [0.05, 0.1) is 12.3 Å². The maximum atomic E-state index is 14.2. The van der Waals surface area contributed by atoms with Crippen molar-refractivity contribution in [2.24, 2.45) is 11.8 Å². The average Bonchev–Trinajstić information content (AvgIpc) is 2.59. The van der Waals surface area contributed by atoms with Crippen molar-refractivity contribution >= 4 is 12.0 Å². The van der Waals surface area contributed by atoms with Gasteiger partial charge in [0.1, 0.15) is 11.6 Å². The van der Waals surface area contributed by atoms with E-state index in [-0.39, 0.29) is 23.6 Å². The number of carbonyl (C=O) groups is 1. The molecule has 0 unspecified atom stereocenters. The van der Waals surface area contributed by atoms with E-state index in [4.69, 9.17) is 10.1 Å². The maximum Gasteiger partial charge on any atom is 0.176 e. The molecule has 1 aliphatic carbocycles. The monoisotopic (exact) mass is 353 g/mol. The molecule has 3 rings (SSSR count). The van der Waals surface area contributed by atoms with Crippen LogP contribution in [0.2, 0.25) is 0 Å². The molecule has 0 radical (unpaired) electrons. The number of hydrogen-bond acceptors (Lipinski definition) is 3. The van der Waals surface area contributed by atoms with Gasteiger partial charge in [0.2, 0.25) is 0 Å². The molecule has 0 bridgehead atoms. The minimum Gasteiger partial charge on any atom is -0.491 e. The molecule has 2 aromatic carbocycles. The fourth-order valence-electron chi connectivity index (χ4n) is 3.48. The van der Waals surface area contributed by atoms with Crippen molar-refractivity contribution in [3.63, 3.8) is 0 Å². The third kappa shape index (κ3) is 4.18. The Morgan fingerprint density at radius 2 is 1.92 bits per heavy atom. The molecule has 0 aromatic heterocycles. The SMILES string of the molecule is CC(C)Oc1ccc(F)c(-c2ccc(CC3CC(C(=O)C=N)C3)cc2)c1. The van der Waals surface area contributed by atoms with Crippen LogP contribution in [0, 0.1) is 23.1 Å². The third-order valence-electron chi connectivity index (χ3n) is 4.88. The van der Waals surface area contributed by atoms with Gasteiger partial charge >= 0.3 is 0 Å². The van der Waals surface area contributed by atoms with E-state index < -0.39 is 0 Å². The highest BCUT2D eigenvalue weighted by Gasteiger charge is 2.33. The average molecular weight is 353 g/mol. The van der Waals surface area contributed by atoms with Crippen molar-refractivity contribution in [3.8, 4) is 16.9 Å². The molecule has 0 heterocycles. The van der Waals surface area contributed by atoms with Crippen molar-refractivity contribution in [2.45, 2.75) is 39.2 Å². The molecule has 0 saturated heterocycles. The number of Topliss-reactive ketones (excluding diaryl/α,β-unsaturated/α-hetero) is 1. The molecule has 0 spiro atoms. The van der Waals surface area contributed by atoms with Crippen LogP contribution in [0.5, 0.6) is 5.75 Å². The highest BCUT2D eigenvalue weighted by atomic mass is 19.1. The van der Waals surface area contributed by atoms with Gasteiger partial charge in [-0.1, -0.05) is 24.3 Å². The largest absolute Gasteiger partial charge is 0.491 e. The zero-order chi connectivity index (χ0) is 18.7. The number of rotatable bonds is 7. The molecule has 1 N–H and O–H groups in total. The Balaban J connectivity index is 1.66. The molecule has 0 amide bonds. The molecule has 1 aliphatic rings. The molecule has 0 atom stereocenters. The lowest BCUT2D eigenvalue weighted by molar-refractivity contribution is -0.119. The predicted octanol–water partition coefficient (Wildman–Crippen LogP) is 5.07. The standard InChI is InChI=1S/C22H24FNO2/c1-14(2)26-19-7-8-21(23)20(12-19)17-5-3-15(4-6-17)9-16-10-18(11-16)22(25)13-24/h3-8,12-14,16,18,24H,9-11H2,1-2H3. The zero-order valence-corrected chi connectivity index (χ0v) is 15.2. The highest BCUT2D eigenvalue weighted by molar-refractivity contribution is 6.27. The first-order valence-electron chi connectivity index (χ1n) is 9.06. The summed E-state index contributed by atoms with van der Waals surface area (Å²) in [7, 11) is 0. The fraction of sp³-hybridized carbons (Fsp3) is 0.364. The van der Waals surface area contributed by atoms with E-state index in [0.29, 0.717) is 17.2 Å². The van der Waals surface area contributed by atoms with Gasteiger partial charge in [-0.3, -0.25) is 4.79 Å². The summed E-state index contributed by atoms with van der Waals surface area (Å²) in [6, 6.07) is 12.8. The molecular formula is C22H24FNO2. The van der Waals surface area contributed by atoms with E-state index >= 15 is 0 Å². The van der Waals surface area contributed by atoms with Crippen LogP contribution in [0.25, 0.3) is 11.1 Å². The fourth-order valence-corrected chi connectivity index (χ4v) is 3.48. The molecular weight excluding hydrogens is 329 g/mol. The van der Waals surface area contributed by atoms with Gasteiger partial charge in [0.15, 0.2) is 5.78 Å². The van der Waals surface area contributed by atoms with Gasteiger partial charge in [0, 0.05) is 11.5 Å². The van der Waals surface area contributed by atoms with E-state index in [1.165, 1.54) is 11.6 Å². The summed E-state index contributed by atoms with van der Waals surface area (Å²) in [5.74, 6) is 0.872. The van der Waals surface area contributed by atoms with Crippen molar-refractivity contribution in [2.75, 3.05) is 0 Å². The van der Waals surface area contributed by atoms with Crippen LogP contribution in [-0.2, 0) is 11.2 Å². The van der Waals surface area contributed by atoms with Crippen molar-refractivity contribution in [3.05, 3.63) is 53.8 Å². The topological polar surface area (TPSA) is 50.2 Å². The van der Waals surface area contributed by atoms with Crippen LogP contribution in [0.15, 0.2) is 42.5 Å². The number of ether oxygens (including phenoxy) is 1.